The molecule has 3 N–H and O–H groups in total. The lowest BCUT2D eigenvalue weighted by Gasteiger charge is -2.20. The van der Waals surface area contributed by atoms with Crippen molar-refractivity contribution in [3.8, 4) is 0 Å². The smallest absolute Gasteiger partial charge is 0.462 e. The maximum atomic E-state index is 12.8. The molecular formula is C56H105N2O10P. The Labute approximate surface area is 422 Å². The standard InChI is InChI=1S/C56H105N2O10P/c1-4-7-10-13-16-19-21-23-25-27-29-31-33-36-39-45-55(61)65-50-52(68-56(62)46-40-37-34-32-30-28-26-24-22-20-17-14-11-8-5-2)51-67-69(63,64)66-49-48-58-54(60)44-42-43-53(59)57-47-41-38-35-18-15-12-9-6-3/h23-26,52H,4-22,27-51H2,1-3H3,(H,57,59)(H,58,60)(H,63,64)/b25-23-,26-24-. The summed E-state index contributed by atoms with van der Waals surface area (Å²) in [5.41, 5.74) is 0. The molecule has 13 heteroatoms. The van der Waals surface area contributed by atoms with Gasteiger partial charge in [0, 0.05) is 38.8 Å². The topological polar surface area (TPSA) is 167 Å². The zero-order chi connectivity index (χ0) is 50.6. The average molecular weight is 997 g/mol. The highest BCUT2D eigenvalue weighted by Crippen LogP contribution is 2.43. The molecule has 0 saturated heterocycles. The van der Waals surface area contributed by atoms with Crippen molar-refractivity contribution in [3.63, 3.8) is 0 Å². The minimum atomic E-state index is -4.60. The Morgan fingerprint density at radius 3 is 1.26 bits per heavy atom. The molecule has 0 aliphatic rings. The summed E-state index contributed by atoms with van der Waals surface area (Å²) in [6.07, 6.45) is 48.8. The number of esters is 2. The molecule has 2 atom stereocenters. The second-order valence-electron chi connectivity index (χ2n) is 19.1. The first-order valence-corrected chi connectivity index (χ1v) is 29.9. The number of hydrogen-bond donors (Lipinski definition) is 3. The molecule has 0 aromatic rings. The highest BCUT2D eigenvalue weighted by Gasteiger charge is 2.26. The third-order valence-corrected chi connectivity index (χ3v) is 13.3. The van der Waals surface area contributed by atoms with Crippen LogP contribution < -0.4 is 10.6 Å². The van der Waals surface area contributed by atoms with Crippen LogP contribution in [0.3, 0.4) is 0 Å². The number of carbonyl (C=O) groups is 4. The van der Waals surface area contributed by atoms with E-state index in [4.69, 9.17) is 18.5 Å². The Morgan fingerprint density at radius 2 is 0.812 bits per heavy atom. The molecule has 2 unspecified atom stereocenters. The van der Waals surface area contributed by atoms with E-state index in [-0.39, 0.29) is 57.3 Å². The molecule has 0 bridgehead atoms. The minimum absolute atomic E-state index is 0.0419. The third-order valence-electron chi connectivity index (χ3n) is 12.3. The number of allylic oxidation sites excluding steroid dienone is 4. The van der Waals surface area contributed by atoms with Crippen molar-refractivity contribution in [2.24, 2.45) is 0 Å². The molecule has 0 heterocycles. The molecule has 0 aliphatic heterocycles. The second-order valence-corrected chi connectivity index (χ2v) is 20.5. The van der Waals surface area contributed by atoms with Crippen LogP contribution >= 0.6 is 7.82 Å². The van der Waals surface area contributed by atoms with E-state index < -0.39 is 32.5 Å². The lowest BCUT2D eigenvalue weighted by molar-refractivity contribution is -0.161. The summed E-state index contributed by atoms with van der Waals surface area (Å²) >= 11 is 0. The van der Waals surface area contributed by atoms with Crippen molar-refractivity contribution in [3.05, 3.63) is 24.3 Å². The number of unbranched alkanes of at least 4 members (excludes halogenated alkanes) is 29. The first-order chi connectivity index (χ1) is 33.6. The molecule has 0 fully saturated rings. The fraction of sp³-hybridized carbons (Fsp3) is 0.857. The van der Waals surface area contributed by atoms with Crippen LogP contribution in [-0.2, 0) is 42.3 Å². The summed E-state index contributed by atoms with van der Waals surface area (Å²) in [6, 6.07) is 0. The van der Waals surface area contributed by atoms with Crippen molar-refractivity contribution in [2.45, 2.75) is 277 Å². The van der Waals surface area contributed by atoms with E-state index in [1.807, 2.05) is 0 Å². The number of nitrogens with one attached hydrogen (secondary N) is 2. The van der Waals surface area contributed by atoms with Gasteiger partial charge in [0.15, 0.2) is 6.10 Å². The molecule has 2 amide bonds. The highest BCUT2D eigenvalue weighted by molar-refractivity contribution is 7.47. The fourth-order valence-corrected chi connectivity index (χ4v) is 8.69. The van der Waals surface area contributed by atoms with Crippen molar-refractivity contribution in [1.29, 1.82) is 0 Å². The number of hydrogen-bond acceptors (Lipinski definition) is 9. The zero-order valence-electron chi connectivity index (χ0n) is 44.6. The lowest BCUT2D eigenvalue weighted by atomic mass is 10.1. The van der Waals surface area contributed by atoms with Gasteiger partial charge in [0.25, 0.3) is 0 Å². The molecule has 0 spiro atoms. The van der Waals surface area contributed by atoms with Gasteiger partial charge in [-0.25, -0.2) is 4.57 Å². The van der Waals surface area contributed by atoms with Crippen molar-refractivity contribution >= 4 is 31.6 Å². The Balaban J connectivity index is 4.59. The molecule has 12 nitrogen and oxygen atoms in total. The average Bonchev–Trinajstić information content (AvgIpc) is 3.33. The van der Waals surface area contributed by atoms with E-state index in [0.717, 1.165) is 89.9 Å². The van der Waals surface area contributed by atoms with Crippen LogP contribution in [0.4, 0.5) is 0 Å². The summed E-state index contributed by atoms with van der Waals surface area (Å²) in [7, 11) is -4.60. The quantitative estimate of drug-likeness (QED) is 0.0231. The van der Waals surface area contributed by atoms with E-state index in [1.165, 1.54) is 116 Å². The first-order valence-electron chi connectivity index (χ1n) is 28.4. The number of phosphoric ester groups is 1. The van der Waals surface area contributed by atoms with Gasteiger partial charge < -0.3 is 25.0 Å². The van der Waals surface area contributed by atoms with E-state index >= 15 is 0 Å². The van der Waals surface area contributed by atoms with Crippen molar-refractivity contribution in [1.82, 2.24) is 10.6 Å². The van der Waals surface area contributed by atoms with Crippen LogP contribution in [0.5, 0.6) is 0 Å². The Hall–Kier alpha value is -2.53. The zero-order valence-corrected chi connectivity index (χ0v) is 45.5. The molecule has 404 valence electrons. The number of ether oxygens (including phenoxy) is 2. The second kappa shape index (κ2) is 51.8. The maximum Gasteiger partial charge on any atom is 0.472 e. The lowest BCUT2D eigenvalue weighted by Crippen LogP contribution is -2.30. The van der Waals surface area contributed by atoms with Gasteiger partial charge in [-0.2, -0.15) is 0 Å². The summed E-state index contributed by atoms with van der Waals surface area (Å²) < 4.78 is 34.0. The molecule has 0 aromatic heterocycles. The van der Waals surface area contributed by atoms with Crippen LogP contribution in [-0.4, -0.2) is 67.7 Å². The molecule has 0 rings (SSSR count). The van der Waals surface area contributed by atoms with E-state index in [2.05, 4.69) is 55.7 Å². The van der Waals surface area contributed by atoms with Crippen LogP contribution in [0.1, 0.15) is 271 Å². The van der Waals surface area contributed by atoms with Crippen molar-refractivity contribution < 1.29 is 47.2 Å². The van der Waals surface area contributed by atoms with Gasteiger partial charge in [-0.15, -0.1) is 0 Å². The predicted octanol–water partition coefficient (Wildman–Crippen LogP) is 15.2. The SMILES string of the molecule is CCCCCCCC/C=C\CCCCCCCC(=O)OCC(COP(=O)(O)OCCNC(=O)CCCC(=O)NCCCCCCCCCC)OC(=O)CCCCCCC/C=C\CCCCCCCC. The number of phosphoric acid groups is 1. The molecule has 0 radical (unpaired) electrons. The Bertz CT molecular complexity index is 1310. The highest BCUT2D eigenvalue weighted by atomic mass is 31.2. The third kappa shape index (κ3) is 51.6. The van der Waals surface area contributed by atoms with Gasteiger partial charge in [-0.1, -0.05) is 193 Å². The molecule has 0 aromatic carbocycles. The normalized spacial score (nSPS) is 12.9. The Kier molecular flexibility index (Phi) is 49.9. The van der Waals surface area contributed by atoms with Crippen LogP contribution in [0.25, 0.3) is 0 Å². The van der Waals surface area contributed by atoms with Gasteiger partial charge in [0.05, 0.1) is 13.2 Å². The summed E-state index contributed by atoms with van der Waals surface area (Å²) in [5, 5.41) is 5.54. The van der Waals surface area contributed by atoms with E-state index in [1.54, 1.807) is 0 Å². The molecule has 0 aliphatic carbocycles. The molecule has 0 saturated carbocycles. The molecular weight excluding hydrogens is 892 g/mol. The van der Waals surface area contributed by atoms with Crippen LogP contribution in [0, 0.1) is 0 Å². The summed E-state index contributed by atoms with van der Waals surface area (Å²) in [4.78, 5) is 60.3. The predicted molar refractivity (Wildman–Crippen MR) is 284 cm³/mol. The number of amides is 2. The largest absolute Gasteiger partial charge is 0.472 e. The minimum Gasteiger partial charge on any atom is -0.462 e. The van der Waals surface area contributed by atoms with Crippen molar-refractivity contribution in [2.75, 3.05) is 32.9 Å². The van der Waals surface area contributed by atoms with E-state index in [0.29, 0.717) is 25.8 Å². The Morgan fingerprint density at radius 1 is 0.435 bits per heavy atom. The monoisotopic (exact) mass is 997 g/mol. The maximum absolute atomic E-state index is 12.8. The van der Waals surface area contributed by atoms with Gasteiger partial charge >= 0.3 is 19.8 Å². The summed E-state index contributed by atoms with van der Waals surface area (Å²) in [6.45, 7) is 6.17. The molecule has 69 heavy (non-hydrogen) atoms. The van der Waals surface area contributed by atoms with Gasteiger partial charge in [0.2, 0.25) is 11.8 Å². The number of rotatable bonds is 53. The van der Waals surface area contributed by atoms with E-state index in [9.17, 15) is 28.6 Å². The van der Waals surface area contributed by atoms with Crippen LogP contribution in [0.2, 0.25) is 0 Å². The fourth-order valence-electron chi connectivity index (χ4n) is 7.94. The number of carbonyl (C=O) groups excluding carboxylic acids is 4. The first kappa shape index (κ1) is 66.5. The van der Waals surface area contributed by atoms with Crippen LogP contribution in [0.15, 0.2) is 24.3 Å². The van der Waals surface area contributed by atoms with Gasteiger partial charge in [0.1, 0.15) is 6.61 Å². The summed E-state index contributed by atoms with van der Waals surface area (Å²) in [5.74, 6) is -1.30. The van der Waals surface area contributed by atoms with Gasteiger partial charge in [-0.05, 0) is 77.0 Å². The van der Waals surface area contributed by atoms with Gasteiger partial charge in [-0.3, -0.25) is 28.2 Å².